The summed E-state index contributed by atoms with van der Waals surface area (Å²) in [7, 11) is 0. The number of nitrogens with one attached hydrogen (secondary N) is 1. The molecule has 0 aliphatic carbocycles. The van der Waals surface area contributed by atoms with Crippen molar-refractivity contribution in [1.29, 1.82) is 0 Å². The molecule has 106 valence electrons. The Morgan fingerprint density at radius 3 is 3.00 bits per heavy atom. The fourth-order valence-electron chi connectivity index (χ4n) is 2.76. The highest BCUT2D eigenvalue weighted by Gasteiger charge is 2.30. The van der Waals surface area contributed by atoms with Crippen molar-refractivity contribution in [2.24, 2.45) is 5.41 Å². The molecular formula is C15H25N3O. The van der Waals surface area contributed by atoms with E-state index in [1.807, 2.05) is 18.3 Å². The SMILES string of the molecule is CC1(C)CNCC(CCO)N(Cc2ccccn2)C1. The number of hydrogen-bond acceptors (Lipinski definition) is 4. The summed E-state index contributed by atoms with van der Waals surface area (Å²) in [6, 6.07) is 6.43. The number of rotatable bonds is 4. The fourth-order valence-corrected chi connectivity index (χ4v) is 2.76. The summed E-state index contributed by atoms with van der Waals surface area (Å²) < 4.78 is 0. The van der Waals surface area contributed by atoms with Crippen LogP contribution in [0.3, 0.4) is 0 Å². The molecule has 0 spiro atoms. The predicted molar refractivity (Wildman–Crippen MR) is 76.8 cm³/mol. The van der Waals surface area contributed by atoms with Crippen molar-refractivity contribution in [3.8, 4) is 0 Å². The van der Waals surface area contributed by atoms with Gasteiger partial charge in [0, 0.05) is 45.0 Å². The minimum absolute atomic E-state index is 0.242. The van der Waals surface area contributed by atoms with Gasteiger partial charge in [0.2, 0.25) is 0 Å². The van der Waals surface area contributed by atoms with Crippen LogP contribution in [0.2, 0.25) is 0 Å². The van der Waals surface area contributed by atoms with Crippen LogP contribution in [0.4, 0.5) is 0 Å². The van der Waals surface area contributed by atoms with Crippen LogP contribution in [0.1, 0.15) is 26.0 Å². The quantitative estimate of drug-likeness (QED) is 0.859. The van der Waals surface area contributed by atoms with Gasteiger partial charge in [-0.1, -0.05) is 19.9 Å². The summed E-state index contributed by atoms with van der Waals surface area (Å²) in [5.74, 6) is 0. The van der Waals surface area contributed by atoms with Crippen molar-refractivity contribution in [1.82, 2.24) is 15.2 Å². The lowest BCUT2D eigenvalue weighted by atomic mass is 9.93. The molecule has 1 saturated heterocycles. The van der Waals surface area contributed by atoms with E-state index in [-0.39, 0.29) is 12.0 Å². The minimum Gasteiger partial charge on any atom is -0.396 e. The number of hydrogen-bond donors (Lipinski definition) is 2. The second kappa shape index (κ2) is 6.46. The molecule has 1 fully saturated rings. The molecule has 4 nitrogen and oxygen atoms in total. The van der Waals surface area contributed by atoms with Gasteiger partial charge in [-0.15, -0.1) is 0 Å². The van der Waals surface area contributed by atoms with Gasteiger partial charge in [-0.05, 0) is 24.0 Å². The van der Waals surface area contributed by atoms with Crippen LogP contribution in [0.25, 0.3) is 0 Å². The molecule has 1 aromatic heterocycles. The van der Waals surface area contributed by atoms with Crippen molar-refractivity contribution in [2.45, 2.75) is 32.9 Å². The fraction of sp³-hybridized carbons (Fsp3) is 0.667. The lowest BCUT2D eigenvalue weighted by molar-refractivity contribution is 0.124. The summed E-state index contributed by atoms with van der Waals surface area (Å²) >= 11 is 0. The first-order valence-electron chi connectivity index (χ1n) is 7.06. The summed E-state index contributed by atoms with van der Waals surface area (Å²) in [6.45, 7) is 8.66. The molecule has 1 atom stereocenters. The zero-order valence-corrected chi connectivity index (χ0v) is 12.0. The van der Waals surface area contributed by atoms with Crippen LogP contribution in [-0.2, 0) is 6.54 Å². The van der Waals surface area contributed by atoms with Crippen LogP contribution < -0.4 is 5.32 Å². The van der Waals surface area contributed by atoms with Crippen LogP contribution >= 0.6 is 0 Å². The molecular weight excluding hydrogens is 238 g/mol. The third-order valence-corrected chi connectivity index (χ3v) is 3.68. The Labute approximate surface area is 115 Å². The van der Waals surface area contributed by atoms with Crippen molar-refractivity contribution in [2.75, 3.05) is 26.2 Å². The van der Waals surface area contributed by atoms with E-state index in [1.54, 1.807) is 0 Å². The van der Waals surface area contributed by atoms with E-state index in [4.69, 9.17) is 0 Å². The van der Waals surface area contributed by atoms with Gasteiger partial charge < -0.3 is 10.4 Å². The molecule has 1 aliphatic heterocycles. The molecule has 4 heteroatoms. The second-order valence-electron chi connectivity index (χ2n) is 6.19. The van der Waals surface area contributed by atoms with Crippen LogP contribution in [-0.4, -0.2) is 47.3 Å². The first kappa shape index (κ1) is 14.4. The molecule has 0 amide bonds. The van der Waals surface area contributed by atoms with Gasteiger partial charge in [-0.2, -0.15) is 0 Å². The van der Waals surface area contributed by atoms with Gasteiger partial charge in [0.05, 0.1) is 5.69 Å². The van der Waals surface area contributed by atoms with E-state index in [9.17, 15) is 5.11 Å². The molecule has 1 aromatic rings. The maximum atomic E-state index is 9.25. The molecule has 1 aliphatic rings. The standard InChI is InChI=1S/C15H25N3O/c1-15(2)11-16-9-14(6-8-19)18(12-15)10-13-5-3-4-7-17-13/h3-5,7,14,16,19H,6,8-12H2,1-2H3. The highest BCUT2D eigenvalue weighted by molar-refractivity contribution is 5.04. The lowest BCUT2D eigenvalue weighted by Gasteiger charge is -2.33. The maximum Gasteiger partial charge on any atom is 0.0544 e. The molecule has 0 radical (unpaired) electrons. The van der Waals surface area contributed by atoms with E-state index < -0.39 is 0 Å². The smallest absolute Gasteiger partial charge is 0.0544 e. The van der Waals surface area contributed by atoms with Crippen molar-refractivity contribution in [3.05, 3.63) is 30.1 Å². The highest BCUT2D eigenvalue weighted by Crippen LogP contribution is 2.22. The number of aliphatic hydroxyl groups excluding tert-OH is 1. The summed E-state index contributed by atoms with van der Waals surface area (Å²) in [5.41, 5.74) is 1.35. The van der Waals surface area contributed by atoms with E-state index in [0.29, 0.717) is 6.04 Å². The average molecular weight is 263 g/mol. The summed E-state index contributed by atoms with van der Waals surface area (Å²) in [5, 5.41) is 12.8. The van der Waals surface area contributed by atoms with Gasteiger partial charge in [0.15, 0.2) is 0 Å². The second-order valence-corrected chi connectivity index (χ2v) is 6.19. The topological polar surface area (TPSA) is 48.4 Å². The van der Waals surface area contributed by atoms with Crippen LogP contribution in [0, 0.1) is 5.41 Å². The number of pyridine rings is 1. The Hall–Kier alpha value is -0.970. The number of aromatic nitrogens is 1. The van der Waals surface area contributed by atoms with Crippen molar-refractivity contribution >= 4 is 0 Å². The third kappa shape index (κ3) is 4.27. The van der Waals surface area contributed by atoms with Crippen LogP contribution in [0.5, 0.6) is 0 Å². The molecule has 0 aromatic carbocycles. The van der Waals surface area contributed by atoms with E-state index >= 15 is 0 Å². The molecule has 19 heavy (non-hydrogen) atoms. The Bertz CT molecular complexity index is 380. The molecule has 0 saturated carbocycles. The Balaban J connectivity index is 2.10. The maximum absolute atomic E-state index is 9.25. The first-order chi connectivity index (χ1) is 9.11. The van der Waals surface area contributed by atoms with Gasteiger partial charge in [0.1, 0.15) is 0 Å². The Kier molecular flexibility index (Phi) is 4.91. The monoisotopic (exact) mass is 263 g/mol. The van der Waals surface area contributed by atoms with Gasteiger partial charge in [-0.3, -0.25) is 9.88 Å². The molecule has 2 rings (SSSR count). The zero-order chi connectivity index (χ0) is 13.7. The molecule has 0 bridgehead atoms. The molecule has 1 unspecified atom stereocenters. The first-order valence-corrected chi connectivity index (χ1v) is 7.06. The normalized spacial score (nSPS) is 24.1. The van der Waals surface area contributed by atoms with Gasteiger partial charge in [-0.25, -0.2) is 0 Å². The third-order valence-electron chi connectivity index (χ3n) is 3.68. The van der Waals surface area contributed by atoms with Crippen molar-refractivity contribution < 1.29 is 5.11 Å². The average Bonchev–Trinajstić information content (AvgIpc) is 2.50. The zero-order valence-electron chi connectivity index (χ0n) is 12.0. The minimum atomic E-state index is 0.242. The summed E-state index contributed by atoms with van der Waals surface area (Å²) in [6.07, 6.45) is 2.66. The highest BCUT2D eigenvalue weighted by atomic mass is 16.3. The predicted octanol–water partition coefficient (Wildman–Crippen LogP) is 1.26. The van der Waals surface area contributed by atoms with E-state index in [0.717, 1.165) is 38.3 Å². The Morgan fingerprint density at radius 2 is 2.32 bits per heavy atom. The number of aliphatic hydroxyl groups is 1. The molecule has 2 N–H and O–H groups in total. The van der Waals surface area contributed by atoms with Gasteiger partial charge >= 0.3 is 0 Å². The van der Waals surface area contributed by atoms with Gasteiger partial charge in [0.25, 0.3) is 0 Å². The number of nitrogens with zero attached hydrogens (tertiary/aromatic N) is 2. The largest absolute Gasteiger partial charge is 0.396 e. The Morgan fingerprint density at radius 1 is 1.47 bits per heavy atom. The lowest BCUT2D eigenvalue weighted by Crippen LogP contribution is -2.41. The van der Waals surface area contributed by atoms with E-state index in [1.165, 1.54) is 0 Å². The molecule has 2 heterocycles. The van der Waals surface area contributed by atoms with E-state index in [2.05, 4.69) is 35.1 Å². The van der Waals surface area contributed by atoms with Crippen LogP contribution in [0.15, 0.2) is 24.4 Å². The van der Waals surface area contributed by atoms with Crippen molar-refractivity contribution in [3.63, 3.8) is 0 Å². The summed E-state index contributed by atoms with van der Waals surface area (Å²) in [4.78, 5) is 6.88.